The van der Waals surface area contributed by atoms with Gasteiger partial charge in [0.15, 0.2) is 0 Å². The summed E-state index contributed by atoms with van der Waals surface area (Å²) in [7, 11) is 0. The van der Waals surface area contributed by atoms with E-state index in [-0.39, 0.29) is 12.4 Å². The first-order valence-electron chi connectivity index (χ1n) is 6.50. The minimum atomic E-state index is -0.196. The normalized spacial score (nSPS) is 10.9. The van der Waals surface area contributed by atoms with Crippen LogP contribution in [0, 0.1) is 0 Å². The third-order valence-electron chi connectivity index (χ3n) is 2.77. The van der Waals surface area contributed by atoms with Gasteiger partial charge in [-0.15, -0.1) is 11.3 Å². The fourth-order valence-corrected chi connectivity index (χ4v) is 2.49. The van der Waals surface area contributed by atoms with Crippen molar-refractivity contribution in [2.75, 3.05) is 26.2 Å². The number of hydrogen-bond donors (Lipinski definition) is 0. The van der Waals surface area contributed by atoms with Crippen molar-refractivity contribution in [3.8, 4) is 0 Å². The number of thiazole rings is 1. The van der Waals surface area contributed by atoms with Crippen molar-refractivity contribution >= 4 is 17.3 Å². The molecular weight excluding hydrogens is 248 g/mol. The van der Waals surface area contributed by atoms with E-state index in [0.29, 0.717) is 6.61 Å². The predicted octanol–water partition coefficient (Wildman–Crippen LogP) is 2.13. The summed E-state index contributed by atoms with van der Waals surface area (Å²) in [5, 5.41) is 3.05. The van der Waals surface area contributed by atoms with Gasteiger partial charge in [-0.1, -0.05) is 13.8 Å². The lowest BCUT2D eigenvalue weighted by Gasteiger charge is -2.16. The number of carbonyl (C=O) groups is 1. The smallest absolute Gasteiger partial charge is 0.311 e. The summed E-state index contributed by atoms with van der Waals surface area (Å²) in [6.07, 6.45) is 1.24. The second-order valence-corrected chi connectivity index (χ2v) is 4.93. The molecule has 0 saturated carbocycles. The van der Waals surface area contributed by atoms with Crippen LogP contribution in [0.2, 0.25) is 0 Å². The van der Waals surface area contributed by atoms with E-state index in [9.17, 15) is 4.79 Å². The van der Waals surface area contributed by atoms with E-state index in [1.807, 2.05) is 12.3 Å². The zero-order chi connectivity index (χ0) is 13.4. The quantitative estimate of drug-likeness (QED) is 0.679. The highest BCUT2D eigenvalue weighted by Gasteiger charge is 2.09. The molecule has 0 aliphatic rings. The lowest BCUT2D eigenvalue weighted by Crippen LogP contribution is -2.25. The summed E-state index contributed by atoms with van der Waals surface area (Å²) >= 11 is 1.63. The molecule has 1 aromatic rings. The summed E-state index contributed by atoms with van der Waals surface area (Å²) in [5.74, 6) is -0.196. The van der Waals surface area contributed by atoms with Crippen LogP contribution in [-0.2, 0) is 22.4 Å². The van der Waals surface area contributed by atoms with Gasteiger partial charge in [0.1, 0.15) is 0 Å². The number of ether oxygens (including phenoxy) is 1. The number of likely N-dealkylation sites (N-methyl/N-ethyl adjacent to an activating group) is 1. The van der Waals surface area contributed by atoms with E-state index in [0.717, 1.165) is 36.8 Å². The molecule has 0 radical (unpaired) electrons. The maximum absolute atomic E-state index is 11.3. The van der Waals surface area contributed by atoms with Crippen LogP contribution in [0.5, 0.6) is 0 Å². The molecule has 0 aliphatic carbocycles. The fraction of sp³-hybridized carbons (Fsp3) is 0.692. The van der Waals surface area contributed by atoms with Gasteiger partial charge >= 0.3 is 5.97 Å². The Labute approximate surface area is 113 Å². The van der Waals surface area contributed by atoms with Crippen molar-refractivity contribution < 1.29 is 9.53 Å². The highest BCUT2D eigenvalue weighted by molar-refractivity contribution is 7.09. The number of aromatic nitrogens is 1. The monoisotopic (exact) mass is 270 g/mol. The average Bonchev–Trinajstić information content (AvgIpc) is 2.78. The first-order chi connectivity index (χ1) is 8.69. The molecule has 0 bridgehead atoms. The van der Waals surface area contributed by atoms with Crippen LogP contribution in [0.1, 0.15) is 31.5 Å². The van der Waals surface area contributed by atoms with E-state index >= 15 is 0 Å². The van der Waals surface area contributed by atoms with Gasteiger partial charge in [0.05, 0.1) is 23.7 Å². The van der Waals surface area contributed by atoms with E-state index < -0.39 is 0 Å². The maximum atomic E-state index is 11.3. The zero-order valence-electron chi connectivity index (χ0n) is 11.4. The Bertz CT molecular complexity index is 362. The van der Waals surface area contributed by atoms with Crippen molar-refractivity contribution in [1.82, 2.24) is 9.88 Å². The van der Waals surface area contributed by atoms with Gasteiger partial charge in [-0.3, -0.25) is 4.79 Å². The molecule has 5 heteroatoms. The number of hydrogen-bond acceptors (Lipinski definition) is 5. The molecule has 0 aliphatic heterocycles. The highest BCUT2D eigenvalue weighted by Crippen LogP contribution is 2.12. The molecule has 0 amide bonds. The van der Waals surface area contributed by atoms with Crippen LogP contribution in [-0.4, -0.2) is 42.1 Å². The molecule has 0 aromatic carbocycles. The summed E-state index contributed by atoms with van der Waals surface area (Å²) in [5.41, 5.74) is 0.827. The Morgan fingerprint density at radius 3 is 2.72 bits per heavy atom. The van der Waals surface area contributed by atoms with Crippen LogP contribution in [0.4, 0.5) is 0 Å². The van der Waals surface area contributed by atoms with Gasteiger partial charge in [-0.05, 0) is 20.0 Å². The maximum Gasteiger partial charge on any atom is 0.311 e. The molecule has 0 atom stereocenters. The van der Waals surface area contributed by atoms with Gasteiger partial charge < -0.3 is 9.64 Å². The number of rotatable bonds is 8. The van der Waals surface area contributed by atoms with Crippen LogP contribution < -0.4 is 0 Å². The van der Waals surface area contributed by atoms with Crippen LogP contribution in [0.3, 0.4) is 0 Å². The van der Waals surface area contributed by atoms with Gasteiger partial charge in [-0.2, -0.15) is 0 Å². The summed E-state index contributed by atoms with van der Waals surface area (Å²) < 4.78 is 4.91. The molecule has 0 spiro atoms. The summed E-state index contributed by atoms with van der Waals surface area (Å²) in [6.45, 7) is 9.73. The van der Waals surface area contributed by atoms with Crippen LogP contribution >= 0.6 is 11.3 Å². The molecule has 18 heavy (non-hydrogen) atoms. The molecule has 1 rings (SSSR count). The SMILES string of the molecule is CCOC(=O)Cc1csc(CCN(CC)CC)n1. The minimum Gasteiger partial charge on any atom is -0.466 e. The van der Waals surface area contributed by atoms with Crippen LogP contribution in [0.25, 0.3) is 0 Å². The standard InChI is InChI=1S/C13H22N2O2S/c1-4-15(5-2)8-7-12-14-11(10-18-12)9-13(16)17-6-3/h10H,4-9H2,1-3H3. The third-order valence-corrected chi connectivity index (χ3v) is 3.72. The molecule has 102 valence electrons. The van der Waals surface area contributed by atoms with E-state index in [2.05, 4.69) is 23.7 Å². The van der Waals surface area contributed by atoms with Crippen molar-refractivity contribution in [2.45, 2.75) is 33.6 Å². The summed E-state index contributed by atoms with van der Waals surface area (Å²) in [4.78, 5) is 18.1. The zero-order valence-corrected chi connectivity index (χ0v) is 12.3. The van der Waals surface area contributed by atoms with Crippen molar-refractivity contribution in [3.05, 3.63) is 16.1 Å². The van der Waals surface area contributed by atoms with Gasteiger partial charge in [0, 0.05) is 18.3 Å². The van der Waals surface area contributed by atoms with Crippen molar-refractivity contribution in [2.24, 2.45) is 0 Å². The van der Waals surface area contributed by atoms with E-state index in [1.165, 1.54) is 0 Å². The molecule has 0 fully saturated rings. The van der Waals surface area contributed by atoms with Gasteiger partial charge in [0.25, 0.3) is 0 Å². The molecule has 0 saturated heterocycles. The second-order valence-electron chi connectivity index (χ2n) is 3.99. The van der Waals surface area contributed by atoms with E-state index in [4.69, 9.17) is 4.74 Å². The van der Waals surface area contributed by atoms with Crippen molar-refractivity contribution in [3.63, 3.8) is 0 Å². The lowest BCUT2D eigenvalue weighted by molar-refractivity contribution is -0.142. The Balaban J connectivity index is 2.40. The lowest BCUT2D eigenvalue weighted by atomic mass is 10.3. The fourth-order valence-electron chi connectivity index (χ4n) is 1.70. The number of nitrogens with zero attached hydrogens (tertiary/aromatic N) is 2. The first kappa shape index (κ1) is 15.1. The average molecular weight is 270 g/mol. The molecule has 0 N–H and O–H groups in total. The minimum absolute atomic E-state index is 0.196. The van der Waals surface area contributed by atoms with Crippen molar-refractivity contribution in [1.29, 1.82) is 0 Å². The van der Waals surface area contributed by atoms with Gasteiger partial charge in [0.2, 0.25) is 0 Å². The Kier molecular flexibility index (Phi) is 6.90. The highest BCUT2D eigenvalue weighted by atomic mass is 32.1. The first-order valence-corrected chi connectivity index (χ1v) is 7.38. The predicted molar refractivity (Wildman–Crippen MR) is 73.9 cm³/mol. The summed E-state index contributed by atoms with van der Waals surface area (Å²) in [6, 6.07) is 0. The molecular formula is C13H22N2O2S. The molecule has 1 aromatic heterocycles. The van der Waals surface area contributed by atoms with Crippen LogP contribution in [0.15, 0.2) is 5.38 Å². The largest absolute Gasteiger partial charge is 0.466 e. The number of esters is 1. The topological polar surface area (TPSA) is 42.4 Å². The Hall–Kier alpha value is -0.940. The molecule has 1 heterocycles. The second kappa shape index (κ2) is 8.21. The van der Waals surface area contributed by atoms with Gasteiger partial charge in [-0.25, -0.2) is 4.98 Å². The molecule has 4 nitrogen and oxygen atoms in total. The number of carbonyl (C=O) groups excluding carboxylic acids is 1. The Morgan fingerprint density at radius 2 is 2.11 bits per heavy atom. The van der Waals surface area contributed by atoms with E-state index in [1.54, 1.807) is 11.3 Å². The Morgan fingerprint density at radius 1 is 1.39 bits per heavy atom. The molecule has 0 unspecified atom stereocenters. The third kappa shape index (κ3) is 5.14.